The summed E-state index contributed by atoms with van der Waals surface area (Å²) in [6, 6.07) is 0. The van der Waals surface area contributed by atoms with E-state index in [1.54, 1.807) is 0 Å². The van der Waals surface area contributed by atoms with Crippen molar-refractivity contribution in [2.45, 2.75) is 38.5 Å². The van der Waals surface area contributed by atoms with Crippen LogP contribution in [0.1, 0.15) is 38.5 Å². The molecule has 0 heterocycles. The Kier molecular flexibility index (Phi) is 23.9. The van der Waals surface area contributed by atoms with Crippen LogP contribution in [0.3, 0.4) is 0 Å². The molecule has 0 aromatic carbocycles. The molecule has 0 rings (SSSR count). The average molecular weight is 517 g/mol. The number of carbonyl (C=O) groups is 6. The number of amides is 6. The van der Waals surface area contributed by atoms with E-state index in [1.807, 2.05) is 28.2 Å². The maximum Gasteiger partial charge on any atom is 0.740 e. The quantitative estimate of drug-likeness (QED) is 0.0551. The molecule has 34 heavy (non-hydrogen) atoms. The molecule has 0 radical (unpaired) electrons. The molecule has 0 spiro atoms. The fourth-order valence-corrected chi connectivity index (χ4v) is 4.43. The van der Waals surface area contributed by atoms with Gasteiger partial charge in [-0.1, -0.05) is 0 Å². The summed E-state index contributed by atoms with van der Waals surface area (Å²) >= 11 is -4.42. The van der Waals surface area contributed by atoms with E-state index >= 15 is 0 Å². The molecule has 6 amide bonds. The highest BCUT2D eigenvalue weighted by atomic mass is 27.2. The van der Waals surface area contributed by atoms with Crippen molar-refractivity contribution in [1.82, 2.24) is 35.6 Å². The largest absolute Gasteiger partial charge is 0.740 e. The highest BCUT2D eigenvalue weighted by Gasteiger charge is 2.25. The second-order valence-corrected chi connectivity index (χ2v) is 11.3. The first-order chi connectivity index (χ1) is 16.2. The van der Waals surface area contributed by atoms with E-state index in [2.05, 4.69) is 35.6 Å². The van der Waals surface area contributed by atoms with Crippen molar-refractivity contribution in [3.63, 3.8) is 0 Å². The lowest BCUT2D eigenvalue weighted by atomic mass is 10.2. The third-order valence-electron chi connectivity index (χ3n) is 4.07. The first-order valence-corrected chi connectivity index (χ1v) is 14.3. The zero-order valence-corrected chi connectivity index (χ0v) is 22.8. The topological polar surface area (TPSA) is 181 Å². The normalized spacial score (nSPS) is 9.59. The summed E-state index contributed by atoms with van der Waals surface area (Å²) in [6.45, 7) is 1.88. The second kappa shape index (κ2) is 23.9. The Morgan fingerprint density at radius 2 is 0.882 bits per heavy atom. The van der Waals surface area contributed by atoms with E-state index in [0.29, 0.717) is 38.5 Å². The van der Waals surface area contributed by atoms with Gasteiger partial charge in [0.25, 0.3) is 0 Å². The summed E-state index contributed by atoms with van der Waals surface area (Å²) in [6.07, 6.45) is 6.14. The number of unbranched alkanes of at least 4 members (excludes halogenated alkanes) is 2. The molecule has 14 nitrogen and oxygen atoms in total. The Morgan fingerprint density at radius 3 is 1.12 bits per heavy atom. The molecule has 0 aliphatic carbocycles. The third kappa shape index (κ3) is 24.4. The molecule has 0 saturated carbocycles. The second-order valence-electron chi connectivity index (χ2n) is 7.66. The van der Waals surface area contributed by atoms with Crippen molar-refractivity contribution < 1.29 is 28.8 Å². The van der Waals surface area contributed by atoms with Gasteiger partial charge in [-0.2, -0.15) is 0 Å². The maximum atomic E-state index is 11.4. The van der Waals surface area contributed by atoms with Crippen LogP contribution in [-0.4, -0.2) is 118 Å². The minimum Gasteiger partial charge on any atom is -0.412 e. The number of hydrogen-bond donors (Lipinski definition) is 6. The summed E-state index contributed by atoms with van der Waals surface area (Å²) in [7, 11) is 7.91. The molecule has 0 bridgehead atoms. The molecule has 0 atom stereocenters. The molecular formula is C18H38Al2N8O6. The summed E-state index contributed by atoms with van der Waals surface area (Å²) in [5.41, 5.74) is 0. The minimum absolute atomic E-state index is 0.149. The fourth-order valence-electron chi connectivity index (χ4n) is 2.43. The first-order valence-electron chi connectivity index (χ1n) is 10.9. The molecule has 16 heteroatoms. The van der Waals surface area contributed by atoms with Crippen molar-refractivity contribution in [3.05, 3.63) is 0 Å². The van der Waals surface area contributed by atoms with Gasteiger partial charge in [-0.25, -0.2) is 0 Å². The Morgan fingerprint density at radius 1 is 0.588 bits per heavy atom. The smallest absolute Gasteiger partial charge is 0.412 e. The number of hydrogen-bond acceptors (Lipinski definition) is 8. The highest BCUT2D eigenvalue weighted by molar-refractivity contribution is 6.58. The Bertz CT molecular complexity index is 531. The molecule has 6 N–H and O–H groups in total. The molecule has 0 aromatic rings. The third-order valence-corrected chi connectivity index (χ3v) is 7.17. The van der Waals surface area contributed by atoms with Gasteiger partial charge in [0.05, 0.1) is 0 Å². The van der Waals surface area contributed by atoms with Crippen molar-refractivity contribution in [2.24, 2.45) is 0 Å². The van der Waals surface area contributed by atoms with E-state index < -0.39 is 29.6 Å². The number of nitrogens with zero attached hydrogens (tertiary/aromatic N) is 2. The van der Waals surface area contributed by atoms with Gasteiger partial charge in [0.1, 0.15) is 0 Å². The molecule has 0 fully saturated rings. The first kappa shape index (κ1) is 34.0. The molecule has 192 valence electrons. The van der Waals surface area contributed by atoms with Crippen LogP contribution in [0.5, 0.6) is 0 Å². The Balaban J connectivity index is 0. The monoisotopic (exact) mass is 516 g/mol. The summed E-state index contributed by atoms with van der Waals surface area (Å²) in [5, 5.41) is 0. The van der Waals surface area contributed by atoms with Crippen LogP contribution in [0.2, 0.25) is 0 Å². The van der Waals surface area contributed by atoms with Crippen LogP contribution in [0.15, 0.2) is 0 Å². The van der Waals surface area contributed by atoms with Crippen LogP contribution < -0.4 is 25.8 Å². The molecule has 0 unspecified atom stereocenters. The van der Waals surface area contributed by atoms with Gasteiger partial charge in [-0.05, 0) is 67.0 Å². The van der Waals surface area contributed by atoms with Crippen LogP contribution in [-0.2, 0) is 28.8 Å². The Hall–Kier alpha value is -2.20. The summed E-state index contributed by atoms with van der Waals surface area (Å²) in [5.74, 6) is -0.298. The lowest BCUT2D eigenvalue weighted by molar-refractivity contribution is -0.120. The number of nitrogens with one attached hydrogen (secondary N) is 6. The summed E-state index contributed by atoms with van der Waals surface area (Å²) in [4.78, 5) is 67.9. The molecule has 0 saturated heterocycles. The van der Waals surface area contributed by atoms with E-state index in [4.69, 9.17) is 0 Å². The van der Waals surface area contributed by atoms with E-state index in [-0.39, 0.29) is 11.8 Å². The Labute approximate surface area is 211 Å². The van der Waals surface area contributed by atoms with E-state index in [0.717, 1.165) is 38.8 Å². The lowest BCUT2D eigenvalue weighted by Gasteiger charge is -2.11. The molecule has 0 aliphatic heterocycles. The van der Waals surface area contributed by atoms with Gasteiger partial charge in [-0.15, -0.1) is 0 Å². The maximum absolute atomic E-state index is 11.4. The van der Waals surface area contributed by atoms with Crippen LogP contribution in [0, 0.1) is 0 Å². The van der Waals surface area contributed by atoms with Crippen LogP contribution in [0.4, 0.5) is 0 Å². The van der Waals surface area contributed by atoms with Gasteiger partial charge in [-0.3, -0.25) is 28.8 Å². The van der Waals surface area contributed by atoms with Crippen molar-refractivity contribution in [1.29, 1.82) is 0 Å². The highest BCUT2D eigenvalue weighted by Crippen LogP contribution is 1.96. The van der Waals surface area contributed by atoms with E-state index in [9.17, 15) is 28.8 Å². The van der Waals surface area contributed by atoms with Crippen LogP contribution >= 0.6 is 0 Å². The fraction of sp³-hybridized carbons (Fsp3) is 0.667. The number of carbonyl (C=O) groups excluding carboxylic acids is 6. The number of rotatable bonds is 20. The van der Waals surface area contributed by atoms with Gasteiger partial charge >= 0.3 is 29.6 Å². The zero-order valence-electron chi connectivity index (χ0n) is 20.5. The minimum atomic E-state index is -2.21. The predicted octanol–water partition coefficient (Wildman–Crippen LogP) is -3.38. The average Bonchev–Trinajstić information content (AvgIpc) is 2.75. The molecule has 0 aliphatic rings. The van der Waals surface area contributed by atoms with Crippen LogP contribution in [0.25, 0.3) is 0 Å². The van der Waals surface area contributed by atoms with Gasteiger partial charge in [0, 0.05) is 12.8 Å². The lowest BCUT2D eigenvalue weighted by Crippen LogP contribution is -2.59. The SMILES string of the molecule is CN(C)CCCCC(=O)[NH][Al]([NH]C=O)[NH]C=O.CN(C)CCCCC(=O)[NH][Al]([NH]C=O)[NH]C=O. The predicted molar refractivity (Wildman–Crippen MR) is 129 cm³/mol. The molecular weight excluding hydrogens is 478 g/mol. The zero-order chi connectivity index (χ0) is 26.2. The summed E-state index contributed by atoms with van der Waals surface area (Å²) < 4.78 is 14.8. The van der Waals surface area contributed by atoms with Gasteiger partial charge < -0.3 is 35.6 Å². The van der Waals surface area contributed by atoms with Gasteiger partial charge in [0.2, 0.25) is 0 Å². The van der Waals surface area contributed by atoms with E-state index in [1.165, 1.54) is 0 Å². The standard InChI is InChI=1S/2C7H16N2O.4CH3NO.2Al/c2*1-9(2)6-4-3-5-7(8)10;4*2-1-3;;/h2*3-6H2,1-2H3,(H2,8,10);4*1H,(H2,2,3);;/q;;;;;;2*+3/p-6. The van der Waals surface area contributed by atoms with Gasteiger partial charge in [0.15, 0.2) is 37.5 Å². The van der Waals surface area contributed by atoms with Crippen molar-refractivity contribution in [3.8, 4) is 0 Å². The molecule has 0 aromatic heterocycles. The van der Waals surface area contributed by atoms with Crippen molar-refractivity contribution in [2.75, 3.05) is 41.3 Å². The van der Waals surface area contributed by atoms with Crippen molar-refractivity contribution >= 4 is 67.1 Å².